The number of fused-ring (bicyclic) bond motifs is 1. The first kappa shape index (κ1) is 23.7. The van der Waals surface area contributed by atoms with Crippen LogP contribution in [-0.4, -0.2) is 55.3 Å². The van der Waals surface area contributed by atoms with Crippen LogP contribution in [0.15, 0.2) is 9.59 Å². The molecule has 0 spiro atoms. The van der Waals surface area contributed by atoms with E-state index in [1.165, 1.54) is 20.8 Å². The van der Waals surface area contributed by atoms with Crippen LogP contribution < -0.4 is 16.6 Å². The van der Waals surface area contributed by atoms with E-state index in [4.69, 9.17) is 20.6 Å². The molecule has 176 valence electrons. The molecule has 1 amide bonds. The first-order chi connectivity index (χ1) is 15.5. The van der Waals surface area contributed by atoms with E-state index in [9.17, 15) is 24.0 Å². The smallest absolute Gasteiger partial charge is 0.333 e. The summed E-state index contributed by atoms with van der Waals surface area (Å²) in [6, 6.07) is 0. The standard InChI is InChI=1S/C20H23N5O8/c1-6-7-24-15-16(22-19(21-10(3)26)23-17(15)29)25(20(24)30)18-14(32-12(5)28)8-13(33-18)9(2)31-11(4)27/h1,9,13-14,18H,7-8H2,2-5H3,(H2,21,22,23,26,29)/t9-,13-,14+,18+/m0/s1. The molecule has 1 aliphatic rings. The number of esters is 2. The molecule has 2 N–H and O–H groups in total. The summed E-state index contributed by atoms with van der Waals surface area (Å²) in [5, 5.41) is 2.35. The number of nitrogens with zero attached hydrogens (tertiary/aromatic N) is 3. The van der Waals surface area contributed by atoms with Crippen LogP contribution in [0.3, 0.4) is 0 Å². The fourth-order valence-corrected chi connectivity index (χ4v) is 3.73. The molecule has 0 aliphatic carbocycles. The Morgan fingerprint density at radius 1 is 1.30 bits per heavy atom. The molecule has 0 radical (unpaired) electrons. The number of hydrogen-bond acceptors (Lipinski definition) is 9. The number of H-pyrrole nitrogens is 1. The fraction of sp³-hybridized carbons (Fsp3) is 0.500. The molecular weight excluding hydrogens is 438 g/mol. The molecule has 1 saturated heterocycles. The molecule has 3 rings (SSSR count). The topological polar surface area (TPSA) is 164 Å². The summed E-state index contributed by atoms with van der Waals surface area (Å²) in [5.74, 6) is 0.448. The number of nitrogens with one attached hydrogen (secondary N) is 2. The Bertz CT molecular complexity index is 1270. The van der Waals surface area contributed by atoms with Gasteiger partial charge in [-0.2, -0.15) is 4.98 Å². The minimum atomic E-state index is -1.20. The van der Waals surface area contributed by atoms with Crippen LogP contribution in [0.5, 0.6) is 0 Å². The van der Waals surface area contributed by atoms with Gasteiger partial charge in [-0.15, -0.1) is 6.42 Å². The zero-order valence-electron chi connectivity index (χ0n) is 18.4. The van der Waals surface area contributed by atoms with Crippen molar-refractivity contribution < 1.29 is 28.6 Å². The Balaban J connectivity index is 2.20. The number of ether oxygens (including phenoxy) is 3. The van der Waals surface area contributed by atoms with E-state index in [1.807, 2.05) is 0 Å². The van der Waals surface area contributed by atoms with Crippen LogP contribution in [0, 0.1) is 12.3 Å². The maximum Gasteiger partial charge on any atom is 0.333 e. The monoisotopic (exact) mass is 461 g/mol. The highest BCUT2D eigenvalue weighted by atomic mass is 16.6. The van der Waals surface area contributed by atoms with Gasteiger partial charge >= 0.3 is 17.6 Å². The molecule has 2 aromatic heterocycles. The number of terminal acetylenes is 1. The zero-order chi connectivity index (χ0) is 24.4. The highest BCUT2D eigenvalue weighted by molar-refractivity contribution is 5.87. The third kappa shape index (κ3) is 4.80. The highest BCUT2D eigenvalue weighted by Gasteiger charge is 2.44. The third-order valence-electron chi connectivity index (χ3n) is 4.90. The number of hydrogen-bond donors (Lipinski definition) is 2. The quantitative estimate of drug-likeness (QED) is 0.432. The van der Waals surface area contributed by atoms with Gasteiger partial charge in [0, 0.05) is 27.2 Å². The average Bonchev–Trinajstić information content (AvgIpc) is 3.20. The number of amides is 1. The second-order valence-corrected chi connectivity index (χ2v) is 7.47. The van der Waals surface area contributed by atoms with Crippen molar-refractivity contribution in [2.45, 2.75) is 65.2 Å². The summed E-state index contributed by atoms with van der Waals surface area (Å²) in [6.45, 7) is 5.01. The van der Waals surface area contributed by atoms with Gasteiger partial charge in [0.15, 0.2) is 17.4 Å². The number of imidazole rings is 1. The van der Waals surface area contributed by atoms with Crippen molar-refractivity contribution in [3.63, 3.8) is 0 Å². The third-order valence-corrected chi connectivity index (χ3v) is 4.90. The van der Waals surface area contributed by atoms with E-state index < -0.39 is 53.6 Å². The Morgan fingerprint density at radius 3 is 2.58 bits per heavy atom. The largest absolute Gasteiger partial charge is 0.460 e. The highest BCUT2D eigenvalue weighted by Crippen LogP contribution is 2.34. The lowest BCUT2D eigenvalue weighted by atomic mass is 10.1. The lowest BCUT2D eigenvalue weighted by Gasteiger charge is -2.20. The van der Waals surface area contributed by atoms with Crippen molar-refractivity contribution in [3.8, 4) is 12.3 Å². The van der Waals surface area contributed by atoms with Crippen molar-refractivity contribution in [1.82, 2.24) is 19.1 Å². The predicted molar refractivity (Wildman–Crippen MR) is 113 cm³/mol. The molecular formula is C20H23N5O8. The van der Waals surface area contributed by atoms with Crippen LogP contribution in [-0.2, 0) is 35.1 Å². The zero-order valence-corrected chi connectivity index (χ0v) is 18.4. The van der Waals surface area contributed by atoms with Gasteiger partial charge in [0.1, 0.15) is 18.3 Å². The molecule has 0 aromatic carbocycles. The molecule has 1 fully saturated rings. The average molecular weight is 461 g/mol. The van der Waals surface area contributed by atoms with E-state index in [-0.39, 0.29) is 30.1 Å². The van der Waals surface area contributed by atoms with Crippen molar-refractivity contribution in [2.24, 2.45) is 0 Å². The summed E-state index contributed by atoms with van der Waals surface area (Å²) >= 11 is 0. The molecule has 33 heavy (non-hydrogen) atoms. The molecule has 3 heterocycles. The van der Waals surface area contributed by atoms with E-state index in [1.54, 1.807) is 6.92 Å². The van der Waals surface area contributed by atoms with Crippen molar-refractivity contribution in [3.05, 3.63) is 20.8 Å². The molecule has 0 bridgehead atoms. The number of anilines is 1. The molecule has 2 aromatic rings. The summed E-state index contributed by atoms with van der Waals surface area (Å²) in [6.07, 6.45) is 1.88. The van der Waals surface area contributed by atoms with Gasteiger partial charge < -0.3 is 14.2 Å². The van der Waals surface area contributed by atoms with Gasteiger partial charge in [-0.05, 0) is 6.92 Å². The Hall–Kier alpha value is -3.92. The van der Waals surface area contributed by atoms with E-state index in [0.29, 0.717) is 0 Å². The SMILES string of the molecule is C#CCn1c(=O)n([C@@H]2O[C@H]([C@H](C)OC(C)=O)C[C@H]2OC(C)=O)c2nc(NC(C)=O)[nH]c(=O)c21. The van der Waals surface area contributed by atoms with Crippen LogP contribution in [0.1, 0.15) is 40.3 Å². The number of aromatic amines is 1. The van der Waals surface area contributed by atoms with Gasteiger partial charge in [-0.3, -0.25) is 34.0 Å². The van der Waals surface area contributed by atoms with Crippen molar-refractivity contribution in [1.29, 1.82) is 0 Å². The van der Waals surface area contributed by atoms with Crippen LogP contribution >= 0.6 is 0 Å². The molecule has 1 aliphatic heterocycles. The summed E-state index contributed by atoms with van der Waals surface area (Å²) in [4.78, 5) is 67.1. The van der Waals surface area contributed by atoms with E-state index >= 15 is 0 Å². The van der Waals surface area contributed by atoms with Crippen LogP contribution in [0.25, 0.3) is 11.2 Å². The van der Waals surface area contributed by atoms with Crippen molar-refractivity contribution in [2.75, 3.05) is 5.32 Å². The molecule has 4 atom stereocenters. The summed E-state index contributed by atoms with van der Waals surface area (Å²) < 4.78 is 18.6. The number of carbonyl (C=O) groups is 3. The van der Waals surface area contributed by atoms with Crippen LogP contribution in [0.4, 0.5) is 5.95 Å². The Morgan fingerprint density at radius 2 is 2.00 bits per heavy atom. The molecule has 0 unspecified atom stereocenters. The number of rotatable bonds is 6. The number of aromatic nitrogens is 4. The Labute approximate surface area is 187 Å². The lowest BCUT2D eigenvalue weighted by Crippen LogP contribution is -2.34. The summed E-state index contributed by atoms with van der Waals surface area (Å²) in [5.41, 5.74) is -1.73. The van der Waals surface area contributed by atoms with Crippen LogP contribution in [0.2, 0.25) is 0 Å². The van der Waals surface area contributed by atoms with Gasteiger partial charge in [0.05, 0.1) is 6.54 Å². The van der Waals surface area contributed by atoms with Gasteiger partial charge in [0.25, 0.3) is 5.56 Å². The predicted octanol–water partition coefficient (Wildman–Crippen LogP) is -0.351. The normalized spacial score (nSPS) is 20.8. The molecule has 13 nitrogen and oxygen atoms in total. The fourth-order valence-electron chi connectivity index (χ4n) is 3.73. The first-order valence-electron chi connectivity index (χ1n) is 9.99. The van der Waals surface area contributed by atoms with E-state index in [0.717, 1.165) is 9.13 Å². The van der Waals surface area contributed by atoms with E-state index in [2.05, 4.69) is 21.2 Å². The molecule has 13 heteroatoms. The Kier molecular flexibility index (Phi) is 6.68. The maximum atomic E-state index is 13.3. The first-order valence-corrected chi connectivity index (χ1v) is 9.99. The maximum absolute atomic E-state index is 13.3. The van der Waals surface area contributed by atoms with Gasteiger partial charge in [0.2, 0.25) is 11.9 Å². The minimum absolute atomic E-state index is 0.106. The second kappa shape index (κ2) is 9.29. The van der Waals surface area contributed by atoms with Gasteiger partial charge in [-0.25, -0.2) is 9.36 Å². The lowest BCUT2D eigenvalue weighted by molar-refractivity contribution is -0.157. The van der Waals surface area contributed by atoms with Gasteiger partial charge in [-0.1, -0.05) is 5.92 Å². The summed E-state index contributed by atoms with van der Waals surface area (Å²) in [7, 11) is 0. The van der Waals surface area contributed by atoms with Crippen molar-refractivity contribution >= 4 is 35.0 Å². The number of carbonyl (C=O) groups excluding carboxylic acids is 3. The minimum Gasteiger partial charge on any atom is -0.460 e. The molecule has 0 saturated carbocycles. The second-order valence-electron chi connectivity index (χ2n) is 7.47.